The van der Waals surface area contributed by atoms with E-state index in [1.807, 2.05) is 30.6 Å². The molecule has 5 heteroatoms. The van der Waals surface area contributed by atoms with Crippen molar-refractivity contribution >= 4 is 10.9 Å². The van der Waals surface area contributed by atoms with Gasteiger partial charge in [-0.3, -0.25) is 9.97 Å². The average molecular weight is 237 g/mol. The number of rotatable bonds is 0. The van der Waals surface area contributed by atoms with E-state index in [9.17, 15) is 0 Å². The standard InChI is InChI=1S/C7H6N2.C6H5N3/c1-4-9-7-2-3-8-5-6(1)7;1-2-8-6-3-7-4-9-5(1)6/h1-5,9H;1-4H,(H,7,9). The lowest BCUT2D eigenvalue weighted by Crippen LogP contribution is -1.81. The second-order valence-electron chi connectivity index (χ2n) is 3.74. The maximum atomic E-state index is 4.02. The quantitative estimate of drug-likeness (QED) is 0.493. The molecule has 0 bridgehead atoms. The van der Waals surface area contributed by atoms with E-state index in [0.717, 1.165) is 22.3 Å². The van der Waals surface area contributed by atoms with Gasteiger partial charge in [0, 0.05) is 35.7 Å². The van der Waals surface area contributed by atoms with Gasteiger partial charge in [-0.15, -0.1) is 0 Å². The predicted octanol–water partition coefficient (Wildman–Crippen LogP) is 2.47. The molecule has 0 spiro atoms. The lowest BCUT2D eigenvalue weighted by molar-refractivity contribution is 1.15. The third-order valence-corrected chi connectivity index (χ3v) is 2.58. The fraction of sp³-hybridized carbons (Fsp3) is 0. The second-order valence-corrected chi connectivity index (χ2v) is 3.74. The van der Waals surface area contributed by atoms with Crippen LogP contribution in [0.2, 0.25) is 0 Å². The summed E-state index contributed by atoms with van der Waals surface area (Å²) < 4.78 is 0. The summed E-state index contributed by atoms with van der Waals surface area (Å²) in [4.78, 5) is 17.9. The van der Waals surface area contributed by atoms with Crippen LogP contribution in [0.25, 0.3) is 22.3 Å². The van der Waals surface area contributed by atoms with Crippen molar-refractivity contribution in [2.75, 3.05) is 0 Å². The Morgan fingerprint density at radius 2 is 1.89 bits per heavy atom. The highest BCUT2D eigenvalue weighted by Gasteiger charge is 1.99. The highest BCUT2D eigenvalue weighted by atomic mass is 14.9. The minimum absolute atomic E-state index is 0.914. The number of nitrogens with zero attached hydrogens (tertiary/aromatic N) is 3. The van der Waals surface area contributed by atoms with Crippen LogP contribution in [-0.2, 0) is 0 Å². The number of pyridine rings is 1. The molecule has 88 valence electrons. The van der Waals surface area contributed by atoms with Crippen LogP contribution < -0.4 is 0 Å². The van der Waals surface area contributed by atoms with Crippen LogP contribution in [0.5, 0.6) is 0 Å². The zero-order valence-electron chi connectivity index (χ0n) is 9.54. The molecule has 2 aromatic heterocycles. The fourth-order valence-corrected chi connectivity index (χ4v) is 1.68. The van der Waals surface area contributed by atoms with Gasteiger partial charge in [0.1, 0.15) is 5.69 Å². The summed E-state index contributed by atoms with van der Waals surface area (Å²) >= 11 is 0. The largest absolute Gasteiger partial charge is 0.361 e. The first kappa shape index (κ1) is 10.5. The first-order valence-corrected chi connectivity index (χ1v) is 5.54. The summed E-state index contributed by atoms with van der Waals surface area (Å²) in [5.41, 5.74) is 3.09. The smallest absolute Gasteiger partial charge is 0.105 e. The molecule has 0 atom stereocenters. The Balaban J connectivity index is 0.000000111. The van der Waals surface area contributed by atoms with Crippen molar-refractivity contribution in [1.29, 1.82) is 0 Å². The van der Waals surface area contributed by atoms with Crippen molar-refractivity contribution < 1.29 is 0 Å². The molecule has 0 radical (unpaired) electrons. The van der Waals surface area contributed by atoms with E-state index in [1.54, 1.807) is 24.9 Å². The van der Waals surface area contributed by atoms with Gasteiger partial charge in [-0.05, 0) is 18.2 Å². The van der Waals surface area contributed by atoms with E-state index < -0.39 is 0 Å². The van der Waals surface area contributed by atoms with Crippen molar-refractivity contribution in [1.82, 2.24) is 24.9 Å². The number of fused-ring (bicyclic) bond motifs is 2. The van der Waals surface area contributed by atoms with Crippen LogP contribution in [-0.4, -0.2) is 24.9 Å². The van der Waals surface area contributed by atoms with E-state index in [1.165, 1.54) is 0 Å². The molecular weight excluding hydrogens is 226 g/mol. The molecule has 4 heterocycles. The van der Waals surface area contributed by atoms with Gasteiger partial charge in [0.15, 0.2) is 0 Å². The normalized spacial score (nSPS) is 10.2. The highest BCUT2D eigenvalue weighted by Crippen LogP contribution is 2.12. The van der Waals surface area contributed by atoms with Crippen molar-refractivity contribution in [3.05, 3.63) is 55.5 Å². The summed E-state index contributed by atoms with van der Waals surface area (Å²) in [6, 6.07) is 5.87. The number of nitrogens with one attached hydrogen (secondary N) is 2. The summed E-state index contributed by atoms with van der Waals surface area (Å²) in [5.74, 6) is 0. The van der Waals surface area contributed by atoms with Gasteiger partial charge in [-0.2, -0.15) is 0 Å². The molecule has 0 unspecified atom stereocenters. The van der Waals surface area contributed by atoms with Crippen LogP contribution in [0.3, 0.4) is 0 Å². The van der Waals surface area contributed by atoms with Gasteiger partial charge in [0.25, 0.3) is 0 Å². The molecule has 2 aromatic rings. The van der Waals surface area contributed by atoms with E-state index in [-0.39, 0.29) is 0 Å². The van der Waals surface area contributed by atoms with Gasteiger partial charge in [-0.25, -0.2) is 4.98 Å². The average Bonchev–Trinajstić information content (AvgIpc) is 3.08. The molecule has 0 amide bonds. The topological polar surface area (TPSA) is 70.2 Å². The van der Waals surface area contributed by atoms with E-state index >= 15 is 0 Å². The minimum Gasteiger partial charge on any atom is -0.361 e. The third-order valence-electron chi connectivity index (χ3n) is 2.58. The molecule has 2 aliphatic heterocycles. The maximum absolute atomic E-state index is 4.02. The molecule has 2 aliphatic rings. The monoisotopic (exact) mass is 237 g/mol. The molecule has 0 saturated heterocycles. The Labute approximate surface area is 103 Å². The lowest BCUT2D eigenvalue weighted by atomic mass is 10.3. The van der Waals surface area contributed by atoms with Gasteiger partial charge < -0.3 is 9.97 Å². The number of aromatic amines is 2. The van der Waals surface area contributed by atoms with Crippen molar-refractivity contribution in [2.45, 2.75) is 0 Å². The summed E-state index contributed by atoms with van der Waals surface area (Å²) in [5, 5.41) is 1.16. The number of aromatic nitrogens is 5. The maximum Gasteiger partial charge on any atom is 0.105 e. The highest BCUT2D eigenvalue weighted by molar-refractivity contribution is 5.77. The van der Waals surface area contributed by atoms with E-state index in [2.05, 4.69) is 24.9 Å². The van der Waals surface area contributed by atoms with Crippen LogP contribution in [0.1, 0.15) is 0 Å². The Morgan fingerprint density at radius 1 is 0.889 bits per heavy atom. The predicted molar refractivity (Wildman–Crippen MR) is 69.1 cm³/mol. The molecule has 0 aromatic carbocycles. The number of H-pyrrole nitrogens is 2. The minimum atomic E-state index is 0.914. The SMILES string of the molecule is c1cc2[nH]ccc2cn1.c1cc2[nH]cncc-2n1. The Bertz CT molecular complexity index is 654. The van der Waals surface area contributed by atoms with Gasteiger partial charge >= 0.3 is 0 Å². The molecule has 0 fully saturated rings. The Morgan fingerprint density at radius 3 is 2.78 bits per heavy atom. The Kier molecular flexibility index (Phi) is 2.71. The molecule has 5 nitrogen and oxygen atoms in total. The molecule has 2 N–H and O–H groups in total. The first-order chi connectivity index (χ1) is 8.93. The van der Waals surface area contributed by atoms with Crippen LogP contribution >= 0.6 is 0 Å². The summed E-state index contributed by atoms with van der Waals surface area (Å²) in [7, 11) is 0. The number of hydrogen-bond acceptors (Lipinski definition) is 3. The van der Waals surface area contributed by atoms with Crippen molar-refractivity contribution in [3.8, 4) is 11.4 Å². The Hall–Kier alpha value is -2.69. The molecule has 0 aliphatic carbocycles. The molecule has 0 saturated carbocycles. The van der Waals surface area contributed by atoms with Crippen molar-refractivity contribution in [2.24, 2.45) is 0 Å². The molecular formula is C13H11N5. The lowest BCUT2D eigenvalue weighted by Gasteiger charge is -1.91. The zero-order chi connectivity index (χ0) is 12.2. The van der Waals surface area contributed by atoms with E-state index in [4.69, 9.17) is 0 Å². The van der Waals surface area contributed by atoms with Gasteiger partial charge in [0.2, 0.25) is 0 Å². The fourth-order valence-electron chi connectivity index (χ4n) is 1.68. The summed E-state index contributed by atoms with van der Waals surface area (Å²) in [6.07, 6.45) is 10.6. The number of hydrogen-bond donors (Lipinski definition) is 2. The van der Waals surface area contributed by atoms with Gasteiger partial charge in [0.05, 0.1) is 18.2 Å². The van der Waals surface area contributed by atoms with Crippen LogP contribution in [0.4, 0.5) is 0 Å². The molecule has 18 heavy (non-hydrogen) atoms. The first-order valence-electron chi connectivity index (χ1n) is 5.54. The van der Waals surface area contributed by atoms with Gasteiger partial charge in [-0.1, -0.05) is 0 Å². The van der Waals surface area contributed by atoms with E-state index in [0.29, 0.717) is 0 Å². The zero-order valence-corrected chi connectivity index (χ0v) is 9.54. The van der Waals surface area contributed by atoms with Crippen molar-refractivity contribution in [3.63, 3.8) is 0 Å². The van der Waals surface area contributed by atoms with Crippen LogP contribution in [0.15, 0.2) is 55.5 Å². The van der Waals surface area contributed by atoms with Crippen LogP contribution in [0, 0.1) is 0 Å². The summed E-state index contributed by atoms with van der Waals surface area (Å²) in [6.45, 7) is 0. The third kappa shape index (κ3) is 2.06. The second kappa shape index (κ2) is 4.67. The molecule has 4 rings (SSSR count).